The van der Waals surface area contributed by atoms with E-state index in [0.29, 0.717) is 12.6 Å². The zero-order valence-corrected chi connectivity index (χ0v) is 12.6. The SMILES string of the molecule is CC1CC(C)CC(OC(CN)c2ccccc2Cl)C1. The Morgan fingerprint density at radius 2 is 1.84 bits per heavy atom. The first kappa shape index (κ1) is 14.8. The molecule has 1 aliphatic carbocycles. The molecule has 1 aromatic carbocycles. The lowest BCUT2D eigenvalue weighted by atomic mass is 9.81. The highest BCUT2D eigenvalue weighted by molar-refractivity contribution is 6.31. The molecule has 3 unspecified atom stereocenters. The Morgan fingerprint density at radius 3 is 2.42 bits per heavy atom. The Hall–Kier alpha value is -0.570. The number of hydrogen-bond donors (Lipinski definition) is 1. The second-order valence-electron chi connectivity index (χ2n) is 5.92. The lowest BCUT2D eigenvalue weighted by Gasteiger charge is -2.34. The summed E-state index contributed by atoms with van der Waals surface area (Å²) < 4.78 is 6.24. The van der Waals surface area contributed by atoms with Crippen LogP contribution < -0.4 is 5.73 Å². The fourth-order valence-corrected chi connectivity index (χ4v) is 3.47. The summed E-state index contributed by atoms with van der Waals surface area (Å²) in [5, 5.41) is 0.745. The second kappa shape index (κ2) is 6.74. The molecule has 0 radical (unpaired) electrons. The van der Waals surface area contributed by atoms with Gasteiger partial charge in [0.25, 0.3) is 0 Å². The molecule has 2 nitrogen and oxygen atoms in total. The van der Waals surface area contributed by atoms with E-state index in [9.17, 15) is 0 Å². The van der Waals surface area contributed by atoms with Gasteiger partial charge in [0.15, 0.2) is 0 Å². The highest BCUT2D eigenvalue weighted by Crippen LogP contribution is 2.34. The van der Waals surface area contributed by atoms with E-state index < -0.39 is 0 Å². The van der Waals surface area contributed by atoms with Crippen LogP contribution in [0.5, 0.6) is 0 Å². The monoisotopic (exact) mass is 281 g/mol. The van der Waals surface area contributed by atoms with Gasteiger partial charge in [0.05, 0.1) is 12.2 Å². The minimum atomic E-state index is -0.0869. The summed E-state index contributed by atoms with van der Waals surface area (Å²) in [7, 11) is 0. The number of hydrogen-bond acceptors (Lipinski definition) is 2. The van der Waals surface area contributed by atoms with E-state index >= 15 is 0 Å². The predicted molar refractivity (Wildman–Crippen MR) is 80.3 cm³/mol. The molecule has 0 saturated heterocycles. The van der Waals surface area contributed by atoms with E-state index in [1.807, 2.05) is 24.3 Å². The molecule has 3 atom stereocenters. The zero-order valence-electron chi connectivity index (χ0n) is 11.8. The van der Waals surface area contributed by atoms with Crippen molar-refractivity contribution in [3.05, 3.63) is 34.9 Å². The standard InChI is InChI=1S/C16H24ClNO/c1-11-7-12(2)9-13(8-11)19-16(10-18)14-5-3-4-6-15(14)17/h3-6,11-13,16H,7-10,18H2,1-2H3. The average molecular weight is 282 g/mol. The molecule has 1 saturated carbocycles. The number of halogens is 1. The van der Waals surface area contributed by atoms with Crippen LogP contribution in [0.1, 0.15) is 44.8 Å². The van der Waals surface area contributed by atoms with Gasteiger partial charge < -0.3 is 10.5 Å². The molecular formula is C16H24ClNO. The molecular weight excluding hydrogens is 258 g/mol. The summed E-state index contributed by atoms with van der Waals surface area (Å²) in [6.45, 7) is 5.08. The van der Waals surface area contributed by atoms with Crippen LogP contribution in [-0.4, -0.2) is 12.6 Å². The Balaban J connectivity index is 2.05. The maximum absolute atomic E-state index is 6.24. The van der Waals surface area contributed by atoms with Gasteiger partial charge in [-0.25, -0.2) is 0 Å². The Morgan fingerprint density at radius 1 is 1.21 bits per heavy atom. The normalized spacial score (nSPS) is 29.2. The van der Waals surface area contributed by atoms with Crippen LogP contribution in [-0.2, 0) is 4.74 Å². The molecule has 106 valence electrons. The summed E-state index contributed by atoms with van der Waals surface area (Å²) >= 11 is 6.24. The molecule has 0 heterocycles. The van der Waals surface area contributed by atoms with Crippen LogP contribution >= 0.6 is 11.6 Å². The highest BCUT2D eigenvalue weighted by atomic mass is 35.5. The molecule has 0 bridgehead atoms. The Labute approximate surface area is 121 Å². The van der Waals surface area contributed by atoms with Crippen molar-refractivity contribution in [3.63, 3.8) is 0 Å². The fourth-order valence-electron chi connectivity index (χ4n) is 3.21. The van der Waals surface area contributed by atoms with Crippen LogP contribution in [0, 0.1) is 11.8 Å². The molecule has 2 N–H and O–H groups in total. The average Bonchev–Trinajstić information content (AvgIpc) is 2.36. The highest BCUT2D eigenvalue weighted by Gasteiger charge is 2.27. The zero-order chi connectivity index (χ0) is 13.8. The maximum atomic E-state index is 6.24. The fraction of sp³-hybridized carbons (Fsp3) is 0.625. The molecule has 0 aromatic heterocycles. The minimum Gasteiger partial charge on any atom is -0.369 e. The lowest BCUT2D eigenvalue weighted by Crippen LogP contribution is -2.30. The minimum absolute atomic E-state index is 0.0869. The largest absolute Gasteiger partial charge is 0.369 e. The van der Waals surface area contributed by atoms with E-state index in [0.717, 1.165) is 35.3 Å². The smallest absolute Gasteiger partial charge is 0.0965 e. The van der Waals surface area contributed by atoms with Crippen molar-refractivity contribution >= 4 is 11.6 Å². The topological polar surface area (TPSA) is 35.2 Å². The van der Waals surface area contributed by atoms with Crippen LogP contribution in [0.4, 0.5) is 0 Å². The van der Waals surface area contributed by atoms with Crippen molar-refractivity contribution in [1.29, 1.82) is 0 Å². The van der Waals surface area contributed by atoms with Crippen molar-refractivity contribution in [2.75, 3.05) is 6.54 Å². The van der Waals surface area contributed by atoms with Crippen molar-refractivity contribution in [2.24, 2.45) is 17.6 Å². The van der Waals surface area contributed by atoms with E-state index in [4.69, 9.17) is 22.1 Å². The number of benzene rings is 1. The summed E-state index contributed by atoms with van der Waals surface area (Å²) in [4.78, 5) is 0. The molecule has 1 fully saturated rings. The van der Waals surface area contributed by atoms with Gasteiger partial charge in [-0.1, -0.05) is 43.6 Å². The summed E-state index contributed by atoms with van der Waals surface area (Å²) in [6.07, 6.45) is 3.79. The van der Waals surface area contributed by atoms with Gasteiger partial charge in [-0.2, -0.15) is 0 Å². The number of ether oxygens (including phenoxy) is 1. The van der Waals surface area contributed by atoms with Gasteiger partial charge >= 0.3 is 0 Å². The maximum Gasteiger partial charge on any atom is 0.0965 e. The third-order valence-corrected chi connectivity index (χ3v) is 4.30. The number of rotatable bonds is 4. The molecule has 2 rings (SSSR count). The summed E-state index contributed by atoms with van der Waals surface area (Å²) in [6, 6.07) is 7.83. The van der Waals surface area contributed by atoms with E-state index in [-0.39, 0.29) is 6.10 Å². The molecule has 3 heteroatoms. The van der Waals surface area contributed by atoms with E-state index in [2.05, 4.69) is 13.8 Å². The van der Waals surface area contributed by atoms with Gasteiger partial charge in [-0.3, -0.25) is 0 Å². The third kappa shape index (κ3) is 3.95. The lowest BCUT2D eigenvalue weighted by molar-refractivity contribution is -0.0465. The Bertz CT molecular complexity index is 399. The molecule has 1 aliphatic rings. The van der Waals surface area contributed by atoms with Gasteiger partial charge in [0, 0.05) is 17.1 Å². The van der Waals surface area contributed by atoms with E-state index in [1.54, 1.807) is 0 Å². The summed E-state index contributed by atoms with van der Waals surface area (Å²) in [5.74, 6) is 1.47. The van der Waals surface area contributed by atoms with Crippen molar-refractivity contribution in [1.82, 2.24) is 0 Å². The van der Waals surface area contributed by atoms with Gasteiger partial charge in [0.2, 0.25) is 0 Å². The first-order valence-corrected chi connectivity index (χ1v) is 7.58. The molecule has 1 aromatic rings. The number of nitrogens with two attached hydrogens (primary N) is 1. The van der Waals surface area contributed by atoms with Gasteiger partial charge in [-0.05, 0) is 37.2 Å². The van der Waals surface area contributed by atoms with Crippen LogP contribution in [0.2, 0.25) is 5.02 Å². The van der Waals surface area contributed by atoms with Crippen LogP contribution in [0.25, 0.3) is 0 Å². The van der Waals surface area contributed by atoms with Crippen LogP contribution in [0.3, 0.4) is 0 Å². The summed E-state index contributed by atoms with van der Waals surface area (Å²) in [5.41, 5.74) is 6.89. The van der Waals surface area contributed by atoms with Crippen molar-refractivity contribution < 1.29 is 4.74 Å². The van der Waals surface area contributed by atoms with Crippen molar-refractivity contribution in [2.45, 2.75) is 45.3 Å². The molecule has 0 aliphatic heterocycles. The third-order valence-electron chi connectivity index (χ3n) is 3.96. The van der Waals surface area contributed by atoms with E-state index in [1.165, 1.54) is 6.42 Å². The molecule has 0 amide bonds. The van der Waals surface area contributed by atoms with Gasteiger partial charge in [-0.15, -0.1) is 0 Å². The van der Waals surface area contributed by atoms with Crippen LogP contribution in [0.15, 0.2) is 24.3 Å². The molecule has 0 spiro atoms. The quantitative estimate of drug-likeness (QED) is 0.898. The first-order chi connectivity index (χ1) is 9.10. The van der Waals surface area contributed by atoms with Gasteiger partial charge in [0.1, 0.15) is 0 Å². The first-order valence-electron chi connectivity index (χ1n) is 7.20. The predicted octanol–water partition coefficient (Wildman–Crippen LogP) is 4.18. The molecule has 19 heavy (non-hydrogen) atoms. The second-order valence-corrected chi connectivity index (χ2v) is 6.33. The van der Waals surface area contributed by atoms with Crippen molar-refractivity contribution in [3.8, 4) is 0 Å². The Kier molecular flexibility index (Phi) is 5.26.